The number of thiocarbonyl (C=S) groups is 1. The predicted octanol–water partition coefficient (Wildman–Crippen LogP) is 6.19. The topological polar surface area (TPSA) is 87.8 Å². The lowest BCUT2D eigenvalue weighted by molar-refractivity contribution is 0.0696. The van der Waals surface area contributed by atoms with Gasteiger partial charge in [-0.25, -0.2) is 4.79 Å². The summed E-state index contributed by atoms with van der Waals surface area (Å²) in [4.78, 5) is 17.9. The van der Waals surface area contributed by atoms with E-state index in [1.54, 1.807) is 43.6 Å². The summed E-state index contributed by atoms with van der Waals surface area (Å²) in [5, 5.41) is 13.7. The van der Waals surface area contributed by atoms with E-state index in [1.165, 1.54) is 0 Å². The smallest absolute Gasteiger partial charge is 0.335 e. The number of hydrogen-bond donors (Lipinski definition) is 2. The Kier molecular flexibility index (Phi) is 6.38. The van der Waals surface area contributed by atoms with E-state index < -0.39 is 5.97 Å². The summed E-state index contributed by atoms with van der Waals surface area (Å²) in [6, 6.07) is 19.3. The van der Waals surface area contributed by atoms with Crippen molar-refractivity contribution in [2.45, 2.75) is 19.0 Å². The highest BCUT2D eigenvalue weighted by atomic mass is 35.5. The number of nitrogens with zero attached hydrogens (tertiary/aromatic N) is 2. The predicted molar refractivity (Wildman–Crippen MR) is 142 cm³/mol. The fraction of sp³-hybridized carbons (Fsp3) is 0.148. The quantitative estimate of drug-likeness (QED) is 0.292. The van der Waals surface area contributed by atoms with Crippen molar-refractivity contribution in [3.63, 3.8) is 0 Å². The molecule has 2 atom stereocenters. The molecular formula is C27H22ClN3O4S. The minimum atomic E-state index is -0.970. The first kappa shape index (κ1) is 23.8. The van der Waals surface area contributed by atoms with E-state index in [9.17, 15) is 9.90 Å². The van der Waals surface area contributed by atoms with Crippen molar-refractivity contribution in [1.29, 1.82) is 0 Å². The van der Waals surface area contributed by atoms with E-state index in [4.69, 9.17) is 33.0 Å². The van der Waals surface area contributed by atoms with Crippen LogP contribution in [0.3, 0.4) is 0 Å². The molecule has 5 rings (SSSR count). The van der Waals surface area contributed by atoms with Crippen LogP contribution in [-0.2, 0) is 0 Å². The van der Waals surface area contributed by atoms with Gasteiger partial charge in [0.15, 0.2) is 5.11 Å². The van der Waals surface area contributed by atoms with Crippen LogP contribution in [-0.4, -0.2) is 28.3 Å². The molecule has 1 aliphatic heterocycles. The number of carboxylic acids is 1. The number of furan rings is 1. The number of nitrogens with one attached hydrogen (secondary N) is 1. The van der Waals surface area contributed by atoms with Gasteiger partial charge >= 0.3 is 5.97 Å². The van der Waals surface area contributed by atoms with E-state index in [0.717, 1.165) is 22.5 Å². The second-order valence-electron chi connectivity index (χ2n) is 8.35. The standard InChI is InChI=1S/C27H22ClN3O4S/c1-15-13-16(26(32)33)6-8-18(15)21-10-11-23(35-21)25-24(20-5-3-4-12-29-20)30-27(36)31(25)17-7-9-22(34-2)19(28)14-17/h3-14,24-25H,1-2H3,(H,30,36)(H,32,33)/t24-,25-/m1/s1. The third-order valence-electron chi connectivity index (χ3n) is 6.17. The molecule has 2 N–H and O–H groups in total. The zero-order valence-corrected chi connectivity index (χ0v) is 21.0. The first-order valence-corrected chi connectivity index (χ1v) is 11.9. The van der Waals surface area contributed by atoms with Gasteiger partial charge in [0.05, 0.1) is 29.4 Å². The molecule has 2 aromatic carbocycles. The summed E-state index contributed by atoms with van der Waals surface area (Å²) in [5.41, 5.74) is 3.43. The number of hydrogen-bond acceptors (Lipinski definition) is 5. The number of methoxy groups -OCH3 is 1. The Morgan fingerprint density at radius 3 is 2.67 bits per heavy atom. The number of aromatic carboxylic acids is 1. The molecule has 1 fully saturated rings. The van der Waals surface area contributed by atoms with Crippen LogP contribution in [0.25, 0.3) is 11.3 Å². The summed E-state index contributed by atoms with van der Waals surface area (Å²) in [6.07, 6.45) is 1.74. The molecule has 1 aliphatic rings. The van der Waals surface area contributed by atoms with Gasteiger partial charge in [0.25, 0.3) is 0 Å². The average molecular weight is 520 g/mol. The number of aromatic nitrogens is 1. The second-order valence-corrected chi connectivity index (χ2v) is 9.15. The summed E-state index contributed by atoms with van der Waals surface area (Å²) >= 11 is 12.2. The summed E-state index contributed by atoms with van der Waals surface area (Å²) in [6.45, 7) is 1.86. The van der Waals surface area contributed by atoms with Crippen molar-refractivity contribution in [2.75, 3.05) is 12.0 Å². The molecule has 36 heavy (non-hydrogen) atoms. The first-order valence-electron chi connectivity index (χ1n) is 11.2. The van der Waals surface area contributed by atoms with Gasteiger partial charge in [-0.15, -0.1) is 0 Å². The van der Waals surface area contributed by atoms with E-state index in [1.807, 2.05) is 48.2 Å². The van der Waals surface area contributed by atoms with Crippen LogP contribution in [0.15, 0.2) is 77.3 Å². The van der Waals surface area contributed by atoms with Gasteiger partial charge in [0.2, 0.25) is 0 Å². The molecule has 0 radical (unpaired) electrons. The van der Waals surface area contributed by atoms with Crippen molar-refractivity contribution in [1.82, 2.24) is 10.3 Å². The number of rotatable bonds is 6. The monoisotopic (exact) mass is 519 g/mol. The van der Waals surface area contributed by atoms with Crippen molar-refractivity contribution < 1.29 is 19.1 Å². The van der Waals surface area contributed by atoms with Gasteiger partial charge in [0, 0.05) is 17.4 Å². The maximum Gasteiger partial charge on any atom is 0.335 e. The Morgan fingerprint density at radius 1 is 1.17 bits per heavy atom. The third kappa shape index (κ3) is 4.29. The van der Waals surface area contributed by atoms with Crippen LogP contribution >= 0.6 is 23.8 Å². The number of ether oxygens (including phenoxy) is 1. The van der Waals surface area contributed by atoms with Gasteiger partial charge in [-0.2, -0.15) is 0 Å². The molecule has 0 bridgehead atoms. The highest BCUT2D eigenvalue weighted by Crippen LogP contribution is 2.44. The fourth-order valence-corrected chi connectivity index (χ4v) is 5.05. The molecular weight excluding hydrogens is 498 g/mol. The maximum atomic E-state index is 11.3. The normalized spacial score (nSPS) is 17.2. The van der Waals surface area contributed by atoms with E-state index in [0.29, 0.717) is 27.4 Å². The fourth-order valence-electron chi connectivity index (χ4n) is 4.46. The second kappa shape index (κ2) is 9.64. The van der Waals surface area contributed by atoms with Crippen molar-refractivity contribution in [3.05, 3.63) is 101 Å². The van der Waals surface area contributed by atoms with Crippen molar-refractivity contribution in [3.8, 4) is 17.1 Å². The van der Waals surface area contributed by atoms with Gasteiger partial charge in [0.1, 0.15) is 23.3 Å². The zero-order valence-electron chi connectivity index (χ0n) is 19.4. The molecule has 0 aliphatic carbocycles. The molecule has 0 amide bonds. The van der Waals surface area contributed by atoms with Crippen LogP contribution in [0.5, 0.6) is 5.75 Å². The lowest BCUT2D eigenvalue weighted by atomic mass is 10.0. The molecule has 7 nitrogen and oxygen atoms in total. The van der Waals surface area contributed by atoms with E-state index in [2.05, 4.69) is 10.3 Å². The van der Waals surface area contributed by atoms with Crippen LogP contribution in [0, 0.1) is 6.92 Å². The van der Waals surface area contributed by atoms with Gasteiger partial charge in [-0.1, -0.05) is 23.7 Å². The molecule has 4 aromatic rings. The summed E-state index contributed by atoms with van der Waals surface area (Å²) in [7, 11) is 1.57. The van der Waals surface area contributed by atoms with Crippen molar-refractivity contribution in [2.24, 2.45) is 0 Å². The summed E-state index contributed by atoms with van der Waals surface area (Å²) < 4.78 is 11.7. The molecule has 1 saturated heterocycles. The van der Waals surface area contributed by atoms with Gasteiger partial charge in [-0.05, 0) is 79.3 Å². The number of carbonyl (C=O) groups is 1. The SMILES string of the molecule is COc1ccc(N2C(=S)N[C@H](c3ccccn3)[C@H]2c2ccc(-c3ccc(C(=O)O)cc3C)o2)cc1Cl. The Morgan fingerprint density at radius 2 is 2.00 bits per heavy atom. The Bertz CT molecular complexity index is 1460. The number of halogens is 1. The largest absolute Gasteiger partial charge is 0.495 e. The third-order valence-corrected chi connectivity index (χ3v) is 6.78. The number of anilines is 1. The number of pyridine rings is 1. The Balaban J connectivity index is 1.59. The van der Waals surface area contributed by atoms with Crippen LogP contribution in [0.2, 0.25) is 5.02 Å². The summed E-state index contributed by atoms with van der Waals surface area (Å²) in [5.74, 6) is 0.894. The molecule has 0 spiro atoms. The number of aryl methyl sites for hydroxylation is 1. The maximum absolute atomic E-state index is 11.3. The highest BCUT2D eigenvalue weighted by molar-refractivity contribution is 7.80. The molecule has 2 aromatic heterocycles. The van der Waals surface area contributed by atoms with E-state index >= 15 is 0 Å². The number of carboxylic acid groups (broad SMARTS) is 1. The van der Waals surface area contributed by atoms with E-state index in [-0.39, 0.29) is 17.6 Å². The zero-order chi connectivity index (χ0) is 25.4. The molecule has 182 valence electrons. The molecule has 9 heteroatoms. The Hall–Kier alpha value is -3.88. The van der Waals surface area contributed by atoms with Gasteiger partial charge in [-0.3, -0.25) is 4.98 Å². The lowest BCUT2D eigenvalue weighted by Gasteiger charge is -2.26. The lowest BCUT2D eigenvalue weighted by Crippen LogP contribution is -2.29. The highest BCUT2D eigenvalue weighted by Gasteiger charge is 2.42. The molecule has 0 saturated carbocycles. The molecule has 0 unspecified atom stereocenters. The van der Waals surface area contributed by atoms with Crippen LogP contribution in [0.4, 0.5) is 5.69 Å². The first-order chi connectivity index (χ1) is 17.4. The van der Waals surface area contributed by atoms with Gasteiger partial charge < -0.3 is 24.5 Å². The van der Waals surface area contributed by atoms with Crippen LogP contribution in [0.1, 0.15) is 39.5 Å². The van der Waals surface area contributed by atoms with Crippen LogP contribution < -0.4 is 15.0 Å². The van der Waals surface area contributed by atoms with Crippen molar-refractivity contribution >= 4 is 40.6 Å². The minimum Gasteiger partial charge on any atom is -0.495 e. The number of benzene rings is 2. The Labute approximate surface area is 218 Å². The average Bonchev–Trinajstić information content (AvgIpc) is 3.49. The minimum absolute atomic E-state index is 0.228. The molecule has 3 heterocycles.